The van der Waals surface area contributed by atoms with Crippen molar-refractivity contribution in [3.8, 4) is 17.1 Å². The molecule has 1 aliphatic heterocycles. The number of allylic oxidation sites excluding steroid dienone is 2. The van der Waals surface area contributed by atoms with E-state index >= 15 is 0 Å². The van der Waals surface area contributed by atoms with Crippen LogP contribution in [0.2, 0.25) is 5.02 Å². The normalized spacial score (nSPS) is 18.1. The number of halogens is 1. The maximum absolute atomic E-state index is 12.8. The van der Waals surface area contributed by atoms with Crippen LogP contribution in [-0.2, 0) is 4.79 Å². The summed E-state index contributed by atoms with van der Waals surface area (Å²) in [4.78, 5) is 17.6. The molecule has 0 amide bonds. The summed E-state index contributed by atoms with van der Waals surface area (Å²) >= 11 is 6.09. The van der Waals surface area contributed by atoms with E-state index < -0.39 is 0 Å². The predicted molar refractivity (Wildman–Crippen MR) is 111 cm³/mol. The smallest absolute Gasteiger partial charge is 0.226 e. The van der Waals surface area contributed by atoms with Crippen molar-refractivity contribution >= 4 is 23.3 Å². The number of ketones is 1. The Labute approximate surface area is 173 Å². The topological polar surface area (TPSA) is 69.0 Å². The molecule has 0 saturated heterocycles. The zero-order chi connectivity index (χ0) is 20.0. The van der Waals surface area contributed by atoms with E-state index in [4.69, 9.17) is 26.4 Å². The van der Waals surface area contributed by atoms with Crippen LogP contribution in [0.4, 0.5) is 5.95 Å². The summed E-state index contributed by atoms with van der Waals surface area (Å²) in [5.74, 6) is 2.18. The summed E-state index contributed by atoms with van der Waals surface area (Å²) < 4.78 is 7.04. The summed E-state index contributed by atoms with van der Waals surface area (Å²) in [6.45, 7) is 0. The van der Waals surface area contributed by atoms with Gasteiger partial charge in [0.2, 0.25) is 5.95 Å². The van der Waals surface area contributed by atoms with Crippen molar-refractivity contribution in [2.45, 2.75) is 25.3 Å². The first kappa shape index (κ1) is 17.9. The van der Waals surface area contributed by atoms with Crippen LogP contribution in [0.5, 0.6) is 5.75 Å². The molecule has 1 N–H and O–H groups in total. The lowest BCUT2D eigenvalue weighted by Crippen LogP contribution is -2.31. The number of fused-ring (bicyclic) bond motifs is 1. The number of rotatable bonds is 3. The molecule has 1 aromatic heterocycles. The number of methoxy groups -OCH3 is 1. The number of nitrogens with zero attached hydrogens (tertiary/aromatic N) is 3. The first-order valence-electron chi connectivity index (χ1n) is 9.54. The number of nitrogens with one attached hydrogen (secondary N) is 1. The van der Waals surface area contributed by atoms with Crippen LogP contribution in [0.15, 0.2) is 59.8 Å². The molecule has 1 atom stereocenters. The van der Waals surface area contributed by atoms with E-state index in [9.17, 15) is 4.79 Å². The average molecular weight is 407 g/mol. The second kappa shape index (κ2) is 7.04. The van der Waals surface area contributed by atoms with Crippen molar-refractivity contribution < 1.29 is 9.53 Å². The van der Waals surface area contributed by atoms with Gasteiger partial charge in [-0.3, -0.25) is 4.79 Å². The first-order valence-corrected chi connectivity index (χ1v) is 9.91. The Morgan fingerprint density at radius 3 is 2.59 bits per heavy atom. The third-order valence-electron chi connectivity index (χ3n) is 5.40. The number of benzene rings is 2. The minimum atomic E-state index is -0.314. The number of carbonyl (C=O) groups is 1. The molecule has 2 aromatic carbocycles. The second-order valence-electron chi connectivity index (χ2n) is 7.18. The SMILES string of the molecule is COc1ccc(-c2nc3n(n2)[C@H](c2ccc(Cl)cc2)C2=C(CCCC2=O)N3)cc1. The molecule has 1 aliphatic carbocycles. The van der Waals surface area contributed by atoms with E-state index in [1.54, 1.807) is 7.11 Å². The molecule has 146 valence electrons. The number of anilines is 1. The number of hydrogen-bond acceptors (Lipinski definition) is 5. The Balaban J connectivity index is 1.63. The van der Waals surface area contributed by atoms with Gasteiger partial charge in [-0.1, -0.05) is 23.7 Å². The van der Waals surface area contributed by atoms with E-state index in [1.807, 2.05) is 53.2 Å². The summed E-state index contributed by atoms with van der Waals surface area (Å²) in [7, 11) is 1.64. The molecule has 0 fully saturated rings. The molecular weight excluding hydrogens is 388 g/mol. The summed E-state index contributed by atoms with van der Waals surface area (Å²) in [6.07, 6.45) is 2.23. The highest BCUT2D eigenvalue weighted by Gasteiger charge is 2.36. The van der Waals surface area contributed by atoms with Crippen LogP contribution < -0.4 is 10.1 Å². The van der Waals surface area contributed by atoms with Crippen molar-refractivity contribution in [1.29, 1.82) is 0 Å². The van der Waals surface area contributed by atoms with Gasteiger partial charge in [0.15, 0.2) is 11.6 Å². The van der Waals surface area contributed by atoms with Gasteiger partial charge in [0.05, 0.1) is 7.11 Å². The predicted octanol–water partition coefficient (Wildman–Crippen LogP) is 4.63. The molecule has 3 aromatic rings. The van der Waals surface area contributed by atoms with Crippen molar-refractivity contribution in [3.05, 3.63) is 70.4 Å². The van der Waals surface area contributed by atoms with Gasteiger partial charge in [0, 0.05) is 28.3 Å². The standard InChI is InChI=1S/C22H19ClN4O2/c1-29-16-11-7-14(8-12-16)21-25-22-24-17-3-2-4-18(28)19(17)20(27(22)26-21)13-5-9-15(23)10-6-13/h5-12,20H,2-4H2,1H3,(H,24,25,26)/t20-/m1/s1. The summed E-state index contributed by atoms with van der Waals surface area (Å²) in [6, 6.07) is 14.9. The monoisotopic (exact) mass is 406 g/mol. The van der Waals surface area contributed by atoms with Crippen LogP contribution in [0.3, 0.4) is 0 Å². The third-order valence-corrected chi connectivity index (χ3v) is 5.65. The minimum absolute atomic E-state index is 0.158. The van der Waals surface area contributed by atoms with Gasteiger partial charge in [-0.05, 0) is 54.8 Å². The molecule has 2 aliphatic rings. The van der Waals surface area contributed by atoms with Crippen molar-refractivity contribution in [3.63, 3.8) is 0 Å². The fraction of sp³-hybridized carbons (Fsp3) is 0.227. The van der Waals surface area contributed by atoms with Gasteiger partial charge >= 0.3 is 0 Å². The number of ether oxygens (including phenoxy) is 1. The lowest BCUT2D eigenvalue weighted by molar-refractivity contribution is -0.116. The molecule has 0 unspecified atom stereocenters. The highest BCUT2D eigenvalue weighted by Crippen LogP contribution is 2.40. The largest absolute Gasteiger partial charge is 0.497 e. The molecule has 0 radical (unpaired) electrons. The van der Waals surface area contributed by atoms with Crippen LogP contribution in [0, 0.1) is 0 Å². The Morgan fingerprint density at radius 1 is 1.10 bits per heavy atom. The van der Waals surface area contributed by atoms with Gasteiger partial charge in [-0.25, -0.2) is 4.68 Å². The van der Waals surface area contributed by atoms with Gasteiger partial charge in [-0.15, -0.1) is 5.10 Å². The lowest BCUT2D eigenvalue weighted by atomic mass is 9.85. The Kier molecular flexibility index (Phi) is 4.36. The van der Waals surface area contributed by atoms with Crippen molar-refractivity contribution in [2.24, 2.45) is 0 Å². The quantitative estimate of drug-likeness (QED) is 0.686. The van der Waals surface area contributed by atoms with E-state index in [0.717, 1.165) is 41.0 Å². The molecule has 6 nitrogen and oxygen atoms in total. The minimum Gasteiger partial charge on any atom is -0.497 e. The molecule has 7 heteroatoms. The van der Waals surface area contributed by atoms with Gasteiger partial charge in [0.1, 0.15) is 11.8 Å². The van der Waals surface area contributed by atoms with E-state index in [0.29, 0.717) is 23.2 Å². The molecule has 5 rings (SSSR count). The highest BCUT2D eigenvalue weighted by atomic mass is 35.5. The van der Waals surface area contributed by atoms with Crippen LogP contribution in [0.1, 0.15) is 30.9 Å². The Morgan fingerprint density at radius 2 is 1.86 bits per heavy atom. The fourth-order valence-corrected chi connectivity index (χ4v) is 4.10. The maximum atomic E-state index is 12.8. The lowest BCUT2D eigenvalue weighted by Gasteiger charge is -2.32. The summed E-state index contributed by atoms with van der Waals surface area (Å²) in [5, 5.41) is 8.77. The molecule has 29 heavy (non-hydrogen) atoms. The van der Waals surface area contributed by atoms with E-state index in [1.165, 1.54) is 0 Å². The van der Waals surface area contributed by atoms with Gasteiger partial charge < -0.3 is 10.1 Å². The number of hydrogen-bond donors (Lipinski definition) is 1. The third kappa shape index (κ3) is 3.09. The van der Waals surface area contributed by atoms with Gasteiger partial charge in [0.25, 0.3) is 0 Å². The average Bonchev–Trinajstić information content (AvgIpc) is 3.17. The molecule has 2 heterocycles. The second-order valence-corrected chi connectivity index (χ2v) is 7.62. The Hall–Kier alpha value is -3.12. The van der Waals surface area contributed by atoms with Gasteiger partial charge in [-0.2, -0.15) is 4.98 Å². The number of aromatic nitrogens is 3. The molecule has 0 spiro atoms. The van der Waals surface area contributed by atoms with Crippen molar-refractivity contribution in [1.82, 2.24) is 14.8 Å². The highest BCUT2D eigenvalue weighted by molar-refractivity contribution is 6.30. The van der Waals surface area contributed by atoms with Crippen molar-refractivity contribution in [2.75, 3.05) is 12.4 Å². The molecule has 0 bridgehead atoms. The van der Waals surface area contributed by atoms with E-state index in [-0.39, 0.29) is 11.8 Å². The van der Waals surface area contributed by atoms with Crippen LogP contribution in [-0.4, -0.2) is 27.7 Å². The van der Waals surface area contributed by atoms with E-state index in [2.05, 4.69) is 5.32 Å². The zero-order valence-electron chi connectivity index (χ0n) is 15.9. The summed E-state index contributed by atoms with van der Waals surface area (Å²) in [5.41, 5.74) is 3.57. The number of Topliss-reactive ketones (excluding diaryl/α,β-unsaturated/α-hetero) is 1. The number of carbonyl (C=O) groups excluding carboxylic acids is 1. The van der Waals surface area contributed by atoms with Crippen LogP contribution in [0.25, 0.3) is 11.4 Å². The van der Waals surface area contributed by atoms with Crippen LogP contribution >= 0.6 is 11.6 Å². The molecular formula is C22H19ClN4O2. The zero-order valence-corrected chi connectivity index (χ0v) is 16.6. The molecule has 0 saturated carbocycles. The Bertz CT molecular complexity index is 1120. The first-order chi connectivity index (χ1) is 14.1. The maximum Gasteiger partial charge on any atom is 0.226 e. The fourth-order valence-electron chi connectivity index (χ4n) is 3.97.